The second-order valence-electron chi connectivity index (χ2n) is 7.00. The predicted octanol–water partition coefficient (Wildman–Crippen LogP) is 4.10. The third kappa shape index (κ3) is 5.75. The number of benzene rings is 2. The van der Waals surface area contributed by atoms with Crippen LogP contribution in [0.15, 0.2) is 53.1 Å². The quantitative estimate of drug-likeness (QED) is 0.607. The molecule has 0 spiro atoms. The smallest absolute Gasteiger partial charge is 0.310 e. The molecule has 0 aliphatic carbocycles. The molecule has 3 rings (SSSR count). The third-order valence-corrected chi connectivity index (χ3v) is 4.28. The van der Waals surface area contributed by atoms with Crippen molar-refractivity contribution in [1.29, 1.82) is 0 Å². The molecule has 3 aromatic rings. The monoisotopic (exact) mass is 393 g/mol. The Morgan fingerprint density at radius 2 is 1.76 bits per heavy atom. The minimum absolute atomic E-state index is 0.0834. The first-order valence-corrected chi connectivity index (χ1v) is 9.36. The number of amides is 1. The number of carbonyl (C=O) groups is 2. The van der Waals surface area contributed by atoms with Crippen LogP contribution in [0.5, 0.6) is 0 Å². The molecular formula is C22H23N3O4. The van der Waals surface area contributed by atoms with Gasteiger partial charge in [0.05, 0.1) is 6.42 Å². The average Bonchev–Trinajstić information content (AvgIpc) is 3.17. The van der Waals surface area contributed by atoms with Crippen LogP contribution in [0.2, 0.25) is 0 Å². The highest BCUT2D eigenvalue weighted by molar-refractivity contribution is 5.88. The Bertz CT molecular complexity index is 976. The molecule has 2 aromatic carbocycles. The first kappa shape index (κ1) is 20.3. The number of rotatable bonds is 7. The number of ether oxygens (including phenoxy) is 1. The number of hydrogen-bond donors (Lipinski definition) is 1. The highest BCUT2D eigenvalue weighted by Gasteiger charge is 2.12. The molecular weight excluding hydrogens is 370 g/mol. The molecule has 0 bridgehead atoms. The van der Waals surface area contributed by atoms with Gasteiger partial charge in [-0.3, -0.25) is 9.59 Å². The van der Waals surface area contributed by atoms with E-state index in [1.807, 2.05) is 24.3 Å². The first-order valence-electron chi connectivity index (χ1n) is 9.36. The minimum atomic E-state index is -0.404. The van der Waals surface area contributed by atoms with Gasteiger partial charge in [0.1, 0.15) is 0 Å². The summed E-state index contributed by atoms with van der Waals surface area (Å²) >= 11 is 0. The van der Waals surface area contributed by atoms with E-state index in [9.17, 15) is 9.59 Å². The first-order chi connectivity index (χ1) is 13.9. The number of hydrogen-bond acceptors (Lipinski definition) is 6. The van der Waals surface area contributed by atoms with E-state index in [1.165, 1.54) is 12.5 Å². The van der Waals surface area contributed by atoms with E-state index in [-0.39, 0.29) is 24.8 Å². The maximum Gasteiger partial charge on any atom is 0.310 e. The molecule has 0 atom stereocenters. The van der Waals surface area contributed by atoms with E-state index in [1.54, 1.807) is 24.3 Å². The summed E-state index contributed by atoms with van der Waals surface area (Å²) in [6.07, 6.45) is 0.109. The molecule has 29 heavy (non-hydrogen) atoms. The highest BCUT2D eigenvalue weighted by Crippen LogP contribution is 2.20. The Labute approximate surface area is 169 Å². The molecule has 1 N–H and O–H groups in total. The topological polar surface area (TPSA) is 94.3 Å². The molecule has 1 amide bonds. The van der Waals surface area contributed by atoms with Gasteiger partial charge in [-0.15, -0.1) is 0 Å². The van der Waals surface area contributed by atoms with Crippen molar-refractivity contribution in [3.63, 3.8) is 0 Å². The number of aromatic nitrogens is 2. The van der Waals surface area contributed by atoms with Crippen LogP contribution >= 0.6 is 0 Å². The largest absolute Gasteiger partial charge is 0.455 e. The molecule has 1 heterocycles. The summed E-state index contributed by atoms with van der Waals surface area (Å²) in [6, 6.07) is 15.0. The van der Waals surface area contributed by atoms with Crippen LogP contribution in [0.4, 0.5) is 5.69 Å². The maximum absolute atomic E-state index is 12.0. The molecule has 7 heteroatoms. The van der Waals surface area contributed by atoms with Crippen molar-refractivity contribution >= 4 is 17.6 Å². The molecule has 0 saturated carbocycles. The molecule has 0 radical (unpaired) electrons. The van der Waals surface area contributed by atoms with Crippen LogP contribution < -0.4 is 5.32 Å². The summed E-state index contributed by atoms with van der Waals surface area (Å²) in [5.41, 5.74) is 3.53. The third-order valence-electron chi connectivity index (χ3n) is 4.28. The summed E-state index contributed by atoms with van der Waals surface area (Å²) in [5.74, 6) is 0.596. The van der Waals surface area contributed by atoms with Crippen molar-refractivity contribution < 1.29 is 18.8 Å². The Kier molecular flexibility index (Phi) is 6.39. The molecule has 0 unspecified atom stereocenters. The van der Waals surface area contributed by atoms with E-state index >= 15 is 0 Å². The molecule has 150 valence electrons. The minimum Gasteiger partial charge on any atom is -0.455 e. The van der Waals surface area contributed by atoms with Crippen molar-refractivity contribution in [2.75, 3.05) is 5.32 Å². The molecule has 1 aromatic heterocycles. The molecule has 0 aliphatic heterocycles. The van der Waals surface area contributed by atoms with Crippen LogP contribution in [0.25, 0.3) is 11.4 Å². The van der Waals surface area contributed by atoms with Crippen LogP contribution in [0.3, 0.4) is 0 Å². The summed E-state index contributed by atoms with van der Waals surface area (Å²) < 4.78 is 10.4. The van der Waals surface area contributed by atoms with Crippen molar-refractivity contribution in [2.24, 2.45) is 0 Å². The standard InChI is InChI=1S/C22H23N3O4/c1-14(2)17-6-8-18(9-7-17)22-24-20(29-25-22)13-28-21(27)12-16-4-10-19(11-5-16)23-15(3)26/h4-11,14H,12-13H2,1-3H3,(H,23,26). The van der Waals surface area contributed by atoms with Gasteiger partial charge in [-0.1, -0.05) is 55.4 Å². The van der Waals surface area contributed by atoms with Crippen molar-refractivity contribution in [2.45, 2.75) is 39.7 Å². The summed E-state index contributed by atoms with van der Waals surface area (Å²) in [5, 5.41) is 6.62. The van der Waals surface area contributed by atoms with Crippen LogP contribution in [0, 0.1) is 0 Å². The van der Waals surface area contributed by atoms with Crippen molar-refractivity contribution in [3.05, 3.63) is 65.5 Å². The van der Waals surface area contributed by atoms with E-state index in [0.29, 0.717) is 17.4 Å². The zero-order chi connectivity index (χ0) is 20.8. The molecule has 0 fully saturated rings. The second-order valence-corrected chi connectivity index (χ2v) is 7.00. The fourth-order valence-corrected chi connectivity index (χ4v) is 2.72. The van der Waals surface area contributed by atoms with Gasteiger partial charge in [-0.05, 0) is 29.2 Å². The number of esters is 1. The SMILES string of the molecule is CC(=O)Nc1ccc(CC(=O)OCc2nc(-c3ccc(C(C)C)cc3)no2)cc1. The Morgan fingerprint density at radius 1 is 1.07 bits per heavy atom. The van der Waals surface area contributed by atoms with E-state index in [2.05, 4.69) is 29.3 Å². The van der Waals surface area contributed by atoms with Gasteiger partial charge in [0, 0.05) is 18.2 Å². The Hall–Kier alpha value is -3.48. The maximum atomic E-state index is 12.0. The average molecular weight is 393 g/mol. The fourth-order valence-electron chi connectivity index (χ4n) is 2.72. The lowest BCUT2D eigenvalue weighted by Crippen LogP contribution is -2.09. The van der Waals surface area contributed by atoms with Gasteiger partial charge >= 0.3 is 5.97 Å². The van der Waals surface area contributed by atoms with Gasteiger partial charge in [0.25, 0.3) is 5.89 Å². The number of anilines is 1. The van der Waals surface area contributed by atoms with Gasteiger partial charge in [-0.2, -0.15) is 4.98 Å². The van der Waals surface area contributed by atoms with Gasteiger partial charge in [0.15, 0.2) is 6.61 Å². The fraction of sp³-hybridized carbons (Fsp3) is 0.273. The predicted molar refractivity (Wildman–Crippen MR) is 108 cm³/mol. The summed E-state index contributed by atoms with van der Waals surface area (Å²) in [7, 11) is 0. The summed E-state index contributed by atoms with van der Waals surface area (Å²) in [4.78, 5) is 27.3. The lowest BCUT2D eigenvalue weighted by Gasteiger charge is -2.05. The second kappa shape index (κ2) is 9.14. The molecule has 7 nitrogen and oxygen atoms in total. The molecule has 0 saturated heterocycles. The van der Waals surface area contributed by atoms with Gasteiger partial charge < -0.3 is 14.6 Å². The Balaban J connectivity index is 1.52. The van der Waals surface area contributed by atoms with Crippen molar-refractivity contribution in [3.8, 4) is 11.4 Å². The number of nitrogens with zero attached hydrogens (tertiary/aromatic N) is 2. The van der Waals surface area contributed by atoms with Crippen LogP contribution in [0.1, 0.15) is 43.7 Å². The van der Waals surface area contributed by atoms with Crippen molar-refractivity contribution in [1.82, 2.24) is 10.1 Å². The van der Waals surface area contributed by atoms with E-state index in [4.69, 9.17) is 9.26 Å². The Morgan fingerprint density at radius 3 is 2.38 bits per heavy atom. The zero-order valence-electron chi connectivity index (χ0n) is 16.6. The lowest BCUT2D eigenvalue weighted by molar-refractivity contribution is -0.144. The normalized spacial score (nSPS) is 10.8. The lowest BCUT2D eigenvalue weighted by atomic mass is 10.0. The van der Waals surface area contributed by atoms with Gasteiger partial charge in [0.2, 0.25) is 11.7 Å². The number of carbonyl (C=O) groups excluding carboxylic acids is 2. The summed E-state index contributed by atoms with van der Waals surface area (Å²) in [6.45, 7) is 5.62. The number of nitrogens with one attached hydrogen (secondary N) is 1. The van der Waals surface area contributed by atoms with Crippen LogP contribution in [-0.4, -0.2) is 22.0 Å². The van der Waals surface area contributed by atoms with E-state index in [0.717, 1.165) is 11.1 Å². The van der Waals surface area contributed by atoms with Crippen LogP contribution in [-0.2, 0) is 27.4 Å². The zero-order valence-corrected chi connectivity index (χ0v) is 16.6. The van der Waals surface area contributed by atoms with E-state index < -0.39 is 5.97 Å². The van der Waals surface area contributed by atoms with Gasteiger partial charge in [-0.25, -0.2) is 0 Å². The highest BCUT2D eigenvalue weighted by atomic mass is 16.6. The molecule has 0 aliphatic rings.